The predicted molar refractivity (Wildman–Crippen MR) is 141 cm³/mol. The summed E-state index contributed by atoms with van der Waals surface area (Å²) in [4.78, 5) is 9.52. The molecule has 0 saturated carbocycles. The zero-order chi connectivity index (χ0) is 26.3. The fraction of sp³-hybridized carbons (Fsp3) is 0.185. The SMILES string of the molecule is COc1cc(Cn2c(N)c(S(=O)(=O)c3ccc(C)cc3)c3nc4ccccc4nc32)cc(OC)c1OC. The normalized spacial score (nSPS) is 11.7. The molecule has 2 N–H and O–H groups in total. The molecule has 0 amide bonds. The number of aryl methyl sites for hydroxylation is 1. The van der Waals surface area contributed by atoms with Crippen molar-refractivity contribution in [1.29, 1.82) is 0 Å². The summed E-state index contributed by atoms with van der Waals surface area (Å²) in [5, 5.41) is 0. The van der Waals surface area contributed by atoms with Crippen LogP contribution in [0.1, 0.15) is 11.1 Å². The average Bonchev–Trinajstić information content (AvgIpc) is 3.17. The van der Waals surface area contributed by atoms with Crippen molar-refractivity contribution in [3.63, 3.8) is 0 Å². The Morgan fingerprint density at radius 1 is 0.865 bits per heavy atom. The Hall–Kier alpha value is -4.31. The first-order valence-corrected chi connectivity index (χ1v) is 12.9. The highest BCUT2D eigenvalue weighted by molar-refractivity contribution is 7.92. The number of aromatic nitrogens is 3. The molecule has 0 bridgehead atoms. The molecule has 0 aliphatic carbocycles. The first-order chi connectivity index (χ1) is 17.8. The van der Waals surface area contributed by atoms with Crippen LogP contribution in [0.4, 0.5) is 5.82 Å². The standard InChI is InChI=1S/C27H26N4O5S/c1-16-9-11-18(12-10-16)37(32,33)25-23-27(30-20-8-6-5-7-19(20)29-23)31(26(25)28)15-17-13-21(34-2)24(36-4)22(14-17)35-3/h5-14H,15,28H2,1-4H3. The van der Waals surface area contributed by atoms with Crippen molar-refractivity contribution in [2.45, 2.75) is 23.3 Å². The number of hydrogen-bond donors (Lipinski definition) is 1. The third-order valence-electron chi connectivity index (χ3n) is 6.21. The van der Waals surface area contributed by atoms with E-state index in [0.717, 1.165) is 11.1 Å². The molecule has 3 aromatic carbocycles. The molecule has 190 valence electrons. The number of para-hydroxylation sites is 2. The summed E-state index contributed by atoms with van der Waals surface area (Å²) in [5.41, 5.74) is 10.0. The monoisotopic (exact) mass is 518 g/mol. The Morgan fingerprint density at radius 2 is 1.46 bits per heavy atom. The van der Waals surface area contributed by atoms with Crippen molar-refractivity contribution in [3.8, 4) is 17.2 Å². The van der Waals surface area contributed by atoms with Crippen molar-refractivity contribution in [1.82, 2.24) is 14.5 Å². The number of nitrogens with zero attached hydrogens (tertiary/aromatic N) is 3. The van der Waals surface area contributed by atoms with Gasteiger partial charge in [0, 0.05) is 0 Å². The summed E-state index contributed by atoms with van der Waals surface area (Å²) in [7, 11) is 0.585. The molecule has 0 aliphatic heterocycles. The maximum Gasteiger partial charge on any atom is 0.212 e. The Balaban J connectivity index is 1.77. The molecule has 5 aromatic rings. The van der Waals surface area contributed by atoms with E-state index in [4.69, 9.17) is 29.9 Å². The van der Waals surface area contributed by atoms with Gasteiger partial charge in [-0.25, -0.2) is 18.4 Å². The third kappa shape index (κ3) is 4.09. The van der Waals surface area contributed by atoms with Gasteiger partial charge in [-0.15, -0.1) is 0 Å². The first-order valence-electron chi connectivity index (χ1n) is 11.4. The zero-order valence-corrected chi connectivity index (χ0v) is 21.7. The summed E-state index contributed by atoms with van der Waals surface area (Å²) in [6, 6.07) is 17.5. The molecule has 0 spiro atoms. The van der Waals surface area contributed by atoms with Gasteiger partial charge in [-0.05, 0) is 48.9 Å². The predicted octanol–water partition coefficient (Wildman–Crippen LogP) is 4.38. The molecular weight excluding hydrogens is 492 g/mol. The Kier molecular flexibility index (Phi) is 6.12. The summed E-state index contributed by atoms with van der Waals surface area (Å²) >= 11 is 0. The van der Waals surface area contributed by atoms with Gasteiger partial charge in [-0.2, -0.15) is 0 Å². The summed E-state index contributed by atoms with van der Waals surface area (Å²) in [6.07, 6.45) is 0. The van der Waals surface area contributed by atoms with Gasteiger partial charge in [-0.1, -0.05) is 29.8 Å². The Bertz CT molecular complexity index is 1720. The minimum atomic E-state index is -4.01. The molecule has 0 saturated heterocycles. The van der Waals surface area contributed by atoms with Gasteiger partial charge < -0.3 is 24.5 Å². The number of nitrogens with two attached hydrogens (primary N) is 1. The minimum Gasteiger partial charge on any atom is -0.493 e. The van der Waals surface area contributed by atoms with Gasteiger partial charge in [0.2, 0.25) is 15.6 Å². The largest absolute Gasteiger partial charge is 0.493 e. The van der Waals surface area contributed by atoms with Gasteiger partial charge in [-0.3, -0.25) is 0 Å². The smallest absolute Gasteiger partial charge is 0.212 e. The number of rotatable bonds is 7. The molecular formula is C27H26N4O5S. The van der Waals surface area contributed by atoms with Crippen LogP contribution in [0.25, 0.3) is 22.2 Å². The van der Waals surface area contributed by atoms with Crippen LogP contribution in [0.3, 0.4) is 0 Å². The number of sulfone groups is 1. The topological polar surface area (TPSA) is 119 Å². The molecule has 2 heterocycles. The van der Waals surface area contributed by atoms with E-state index in [1.807, 2.05) is 25.1 Å². The molecule has 10 heteroatoms. The lowest BCUT2D eigenvalue weighted by molar-refractivity contribution is 0.323. The van der Waals surface area contributed by atoms with Crippen molar-refractivity contribution in [2.75, 3.05) is 27.1 Å². The van der Waals surface area contributed by atoms with Crippen LogP contribution in [-0.4, -0.2) is 44.3 Å². The van der Waals surface area contributed by atoms with Gasteiger partial charge >= 0.3 is 0 Å². The van der Waals surface area contributed by atoms with E-state index < -0.39 is 9.84 Å². The van der Waals surface area contributed by atoms with Crippen molar-refractivity contribution < 1.29 is 22.6 Å². The molecule has 0 unspecified atom stereocenters. The molecule has 2 aromatic heterocycles. The lowest BCUT2D eigenvalue weighted by atomic mass is 10.1. The number of anilines is 1. The number of methoxy groups -OCH3 is 3. The average molecular weight is 519 g/mol. The molecule has 9 nitrogen and oxygen atoms in total. The zero-order valence-electron chi connectivity index (χ0n) is 20.8. The Labute approximate surface area is 214 Å². The van der Waals surface area contributed by atoms with Crippen LogP contribution in [0, 0.1) is 6.92 Å². The van der Waals surface area contributed by atoms with Crippen LogP contribution < -0.4 is 19.9 Å². The molecule has 37 heavy (non-hydrogen) atoms. The maximum atomic E-state index is 13.8. The number of benzene rings is 3. The van der Waals surface area contributed by atoms with E-state index in [-0.39, 0.29) is 27.7 Å². The highest BCUT2D eigenvalue weighted by atomic mass is 32.2. The molecule has 0 fully saturated rings. The number of nitrogen functional groups attached to an aromatic ring is 1. The van der Waals surface area contributed by atoms with Crippen molar-refractivity contribution >= 4 is 37.9 Å². The van der Waals surface area contributed by atoms with E-state index >= 15 is 0 Å². The van der Waals surface area contributed by atoms with Crippen LogP contribution in [0.2, 0.25) is 0 Å². The van der Waals surface area contributed by atoms with Gasteiger partial charge in [0.1, 0.15) is 16.2 Å². The van der Waals surface area contributed by atoms with Gasteiger partial charge in [0.25, 0.3) is 0 Å². The van der Waals surface area contributed by atoms with Crippen LogP contribution >= 0.6 is 0 Å². The van der Waals surface area contributed by atoms with Crippen molar-refractivity contribution in [2.24, 2.45) is 0 Å². The highest BCUT2D eigenvalue weighted by Gasteiger charge is 2.30. The summed E-state index contributed by atoms with van der Waals surface area (Å²) in [6.45, 7) is 2.08. The highest BCUT2D eigenvalue weighted by Crippen LogP contribution is 2.40. The lowest BCUT2D eigenvalue weighted by Crippen LogP contribution is -2.09. The van der Waals surface area contributed by atoms with E-state index in [0.29, 0.717) is 33.9 Å². The molecule has 0 atom stereocenters. The second-order valence-electron chi connectivity index (χ2n) is 8.54. The molecule has 5 rings (SSSR count). The maximum absolute atomic E-state index is 13.8. The minimum absolute atomic E-state index is 0.0413. The summed E-state index contributed by atoms with van der Waals surface area (Å²) < 4.78 is 45.8. The van der Waals surface area contributed by atoms with Crippen LogP contribution in [0.15, 0.2) is 70.5 Å². The van der Waals surface area contributed by atoms with Crippen LogP contribution in [0.5, 0.6) is 17.2 Å². The Morgan fingerprint density at radius 3 is 2.03 bits per heavy atom. The quantitative estimate of drug-likeness (QED) is 0.337. The molecule has 0 radical (unpaired) electrons. The number of hydrogen-bond acceptors (Lipinski definition) is 8. The van der Waals surface area contributed by atoms with Gasteiger partial charge in [0.15, 0.2) is 17.1 Å². The van der Waals surface area contributed by atoms with Crippen molar-refractivity contribution in [3.05, 3.63) is 71.8 Å². The fourth-order valence-electron chi connectivity index (χ4n) is 4.36. The van der Waals surface area contributed by atoms with E-state index in [9.17, 15) is 8.42 Å². The fourth-order valence-corrected chi connectivity index (χ4v) is 5.87. The second-order valence-corrected chi connectivity index (χ2v) is 10.4. The van der Waals surface area contributed by atoms with E-state index in [1.54, 1.807) is 47.0 Å². The van der Waals surface area contributed by atoms with Crippen LogP contribution in [-0.2, 0) is 16.4 Å². The first kappa shape index (κ1) is 24.4. The van der Waals surface area contributed by atoms with Gasteiger partial charge in [0.05, 0.1) is 43.8 Å². The molecule has 0 aliphatic rings. The van der Waals surface area contributed by atoms with E-state index in [2.05, 4.69) is 0 Å². The number of fused-ring (bicyclic) bond motifs is 2. The lowest BCUT2D eigenvalue weighted by Gasteiger charge is -2.15. The summed E-state index contributed by atoms with van der Waals surface area (Å²) in [5.74, 6) is 1.43. The van der Waals surface area contributed by atoms with E-state index in [1.165, 1.54) is 21.3 Å². The number of ether oxygens (including phenoxy) is 3. The third-order valence-corrected chi connectivity index (χ3v) is 8.04. The second kappa shape index (κ2) is 9.29.